The highest BCUT2D eigenvalue weighted by molar-refractivity contribution is 7.26. The average Bonchev–Trinajstić information content (AvgIpc) is 3.98. The Morgan fingerprint density at radius 3 is 1.81 bits per heavy atom. The number of benzene rings is 7. The molecule has 0 fully saturated rings. The highest BCUT2D eigenvalue weighted by Crippen LogP contribution is 2.43. The number of rotatable bonds is 5. The lowest BCUT2D eigenvalue weighted by Gasteiger charge is -2.10. The van der Waals surface area contributed by atoms with Crippen LogP contribution in [0.4, 0.5) is 0 Å². The van der Waals surface area contributed by atoms with Gasteiger partial charge in [-0.2, -0.15) is 0 Å². The second-order valence-electron chi connectivity index (χ2n) is 14.0. The van der Waals surface area contributed by atoms with Crippen LogP contribution < -0.4 is 0 Å². The van der Waals surface area contributed by atoms with Crippen LogP contribution in [0.5, 0.6) is 0 Å². The van der Waals surface area contributed by atoms with Crippen molar-refractivity contribution < 1.29 is 4.42 Å². The first-order valence-corrected chi connectivity index (χ1v) is 20.3. The molecule has 0 atom stereocenters. The van der Waals surface area contributed by atoms with Gasteiger partial charge in [-0.05, 0) is 42.5 Å². The Hall–Kier alpha value is -7.13. The summed E-state index contributed by atoms with van der Waals surface area (Å²) in [6.45, 7) is 0. The van der Waals surface area contributed by atoms with Gasteiger partial charge in [0.1, 0.15) is 11.2 Å². The molecular weight excluding hydrogens is 739 g/mol. The number of hydrogen-bond donors (Lipinski definition) is 0. The third-order valence-corrected chi connectivity index (χ3v) is 13.0. The topological polar surface area (TPSA) is 77.6 Å². The molecule has 0 bridgehead atoms. The Kier molecular flexibility index (Phi) is 7.17. The summed E-state index contributed by atoms with van der Waals surface area (Å²) in [6, 6.07) is 56.1. The summed E-state index contributed by atoms with van der Waals surface area (Å²) >= 11 is 3.50. The highest BCUT2D eigenvalue weighted by Gasteiger charge is 2.22. The summed E-state index contributed by atoms with van der Waals surface area (Å²) in [7, 11) is 0. The van der Waals surface area contributed by atoms with Crippen LogP contribution in [0.1, 0.15) is 0 Å². The summed E-state index contributed by atoms with van der Waals surface area (Å²) in [5, 5.41) is 5.43. The summed E-state index contributed by atoms with van der Waals surface area (Å²) in [6.07, 6.45) is 0. The molecule has 5 aromatic heterocycles. The Morgan fingerprint density at radius 1 is 0.368 bits per heavy atom. The zero-order valence-electron chi connectivity index (χ0n) is 30.0. The number of furan rings is 1. The quantitative estimate of drug-likeness (QED) is 0.174. The van der Waals surface area contributed by atoms with Crippen LogP contribution in [0.25, 0.3) is 119 Å². The van der Waals surface area contributed by atoms with Gasteiger partial charge < -0.3 is 4.42 Å². The van der Waals surface area contributed by atoms with Crippen molar-refractivity contribution in [3.05, 3.63) is 164 Å². The second kappa shape index (κ2) is 12.7. The smallest absolute Gasteiger partial charge is 0.165 e. The maximum atomic E-state index is 6.52. The lowest BCUT2D eigenvalue weighted by atomic mass is 10.0. The van der Waals surface area contributed by atoms with Crippen LogP contribution in [0, 0.1) is 0 Å². The van der Waals surface area contributed by atoms with Crippen molar-refractivity contribution in [3.8, 4) is 56.8 Å². The predicted molar refractivity (Wildman–Crippen MR) is 236 cm³/mol. The van der Waals surface area contributed by atoms with Gasteiger partial charge in [0, 0.05) is 68.8 Å². The Morgan fingerprint density at radius 2 is 0.982 bits per heavy atom. The van der Waals surface area contributed by atoms with Gasteiger partial charge in [-0.1, -0.05) is 121 Å². The minimum Gasteiger partial charge on any atom is -0.456 e. The molecule has 0 aliphatic rings. The Labute approximate surface area is 333 Å². The molecular formula is C49H27N5OS2. The van der Waals surface area contributed by atoms with E-state index in [2.05, 4.69) is 103 Å². The lowest BCUT2D eigenvalue weighted by molar-refractivity contribution is 0.669. The largest absolute Gasteiger partial charge is 0.456 e. The maximum absolute atomic E-state index is 6.52. The molecule has 0 aliphatic carbocycles. The van der Waals surface area contributed by atoms with Crippen molar-refractivity contribution in [2.75, 3.05) is 0 Å². The molecule has 5 heterocycles. The third-order valence-electron chi connectivity index (χ3n) is 10.6. The molecule has 57 heavy (non-hydrogen) atoms. The molecule has 0 aliphatic heterocycles. The van der Waals surface area contributed by atoms with Gasteiger partial charge in [0.15, 0.2) is 23.3 Å². The van der Waals surface area contributed by atoms with Crippen molar-refractivity contribution in [2.45, 2.75) is 0 Å². The number of aromatic nitrogens is 5. The summed E-state index contributed by atoms with van der Waals surface area (Å²) in [4.78, 5) is 26.0. The van der Waals surface area contributed by atoms with E-state index in [1.165, 1.54) is 20.2 Å². The minimum atomic E-state index is 0.583. The van der Waals surface area contributed by atoms with E-state index in [4.69, 9.17) is 29.3 Å². The summed E-state index contributed by atoms with van der Waals surface area (Å²) in [5.41, 5.74) is 8.10. The molecule has 12 rings (SSSR count). The highest BCUT2D eigenvalue weighted by atomic mass is 32.1. The molecule has 0 saturated heterocycles. The number of nitrogens with zero attached hydrogens (tertiary/aromatic N) is 5. The monoisotopic (exact) mass is 765 g/mol. The zero-order valence-corrected chi connectivity index (χ0v) is 31.7. The minimum absolute atomic E-state index is 0.583. The van der Waals surface area contributed by atoms with E-state index < -0.39 is 0 Å². The molecule has 0 N–H and O–H groups in total. The van der Waals surface area contributed by atoms with E-state index in [0.717, 1.165) is 75.8 Å². The maximum Gasteiger partial charge on any atom is 0.165 e. The lowest BCUT2D eigenvalue weighted by Crippen LogP contribution is -2.00. The normalized spacial score (nSPS) is 11.9. The van der Waals surface area contributed by atoms with Crippen molar-refractivity contribution in [1.82, 2.24) is 24.9 Å². The number of hydrogen-bond acceptors (Lipinski definition) is 8. The summed E-state index contributed by atoms with van der Waals surface area (Å²) < 4.78 is 11.2. The van der Waals surface area contributed by atoms with Crippen LogP contribution >= 0.6 is 22.7 Å². The molecule has 6 nitrogen and oxygen atoms in total. The summed E-state index contributed by atoms with van der Waals surface area (Å²) in [5.74, 6) is 2.48. The molecule has 0 amide bonds. The molecule has 7 aromatic carbocycles. The van der Waals surface area contributed by atoms with Crippen molar-refractivity contribution in [1.29, 1.82) is 0 Å². The molecule has 0 spiro atoms. The average molecular weight is 766 g/mol. The predicted octanol–water partition coefficient (Wildman–Crippen LogP) is 13.6. The molecule has 0 radical (unpaired) electrons. The van der Waals surface area contributed by atoms with Crippen LogP contribution in [0.15, 0.2) is 168 Å². The fourth-order valence-corrected chi connectivity index (χ4v) is 10.3. The zero-order chi connectivity index (χ0) is 37.5. The Balaban J connectivity index is 1.08. The van der Waals surface area contributed by atoms with Gasteiger partial charge in [0.05, 0.1) is 15.9 Å². The second-order valence-corrected chi connectivity index (χ2v) is 16.1. The fraction of sp³-hybridized carbons (Fsp3) is 0. The number of fused-ring (bicyclic) bond motifs is 9. The van der Waals surface area contributed by atoms with Crippen molar-refractivity contribution in [3.63, 3.8) is 0 Å². The van der Waals surface area contributed by atoms with E-state index in [1.54, 1.807) is 22.7 Å². The van der Waals surface area contributed by atoms with Crippen LogP contribution in [-0.2, 0) is 0 Å². The first kappa shape index (κ1) is 32.1. The van der Waals surface area contributed by atoms with E-state index in [-0.39, 0.29) is 0 Å². The first-order chi connectivity index (χ1) is 28.2. The van der Waals surface area contributed by atoms with E-state index in [1.807, 2.05) is 60.7 Å². The molecule has 266 valence electrons. The van der Waals surface area contributed by atoms with Crippen LogP contribution in [-0.4, -0.2) is 24.9 Å². The fourth-order valence-electron chi connectivity index (χ4n) is 7.92. The van der Waals surface area contributed by atoms with Gasteiger partial charge in [0.2, 0.25) is 0 Å². The van der Waals surface area contributed by atoms with Gasteiger partial charge in [-0.15, -0.1) is 22.7 Å². The standard InChI is InChI=1S/C49H27N5OS2/c1-3-13-28(14-4-1)42-45-43(33-18-8-10-24-40(33)57-45)51-48(50-42)34-20-12-22-38-41(34)36-27-30(25-26-37(36)55-38)47-52-46(29-15-5-2-6-16-29)53-49(54-47)35-21-11-19-32-31-17-7-9-23-39(31)56-44(32)35/h1-27H. The number of thiophene rings is 2. The van der Waals surface area contributed by atoms with Crippen LogP contribution in [0.2, 0.25) is 0 Å². The molecule has 0 unspecified atom stereocenters. The van der Waals surface area contributed by atoms with E-state index >= 15 is 0 Å². The molecule has 12 aromatic rings. The first-order valence-electron chi connectivity index (χ1n) is 18.7. The van der Waals surface area contributed by atoms with Crippen molar-refractivity contribution >= 4 is 85.1 Å². The van der Waals surface area contributed by atoms with E-state index in [0.29, 0.717) is 23.3 Å². The van der Waals surface area contributed by atoms with E-state index in [9.17, 15) is 0 Å². The van der Waals surface area contributed by atoms with Crippen molar-refractivity contribution in [2.24, 2.45) is 0 Å². The van der Waals surface area contributed by atoms with Gasteiger partial charge in [-0.25, -0.2) is 24.9 Å². The molecule has 0 saturated carbocycles. The third kappa shape index (κ3) is 5.19. The Bertz CT molecular complexity index is 3540. The van der Waals surface area contributed by atoms with Gasteiger partial charge in [-0.3, -0.25) is 0 Å². The SMILES string of the molecule is c1ccc(-c2nc(-c3ccc4oc5cccc(-c6nc(-c7ccccc7)c7sc8ccccc8c7n6)c5c4c3)nc(-c3cccc4c3sc3ccccc34)n2)cc1. The molecule has 8 heteroatoms. The van der Waals surface area contributed by atoms with Gasteiger partial charge >= 0.3 is 0 Å². The van der Waals surface area contributed by atoms with Gasteiger partial charge in [0.25, 0.3) is 0 Å². The van der Waals surface area contributed by atoms with Crippen LogP contribution in [0.3, 0.4) is 0 Å².